The molecule has 0 aliphatic carbocycles. The molecule has 3 aromatic rings. The van der Waals surface area contributed by atoms with Gasteiger partial charge in [0, 0.05) is 0 Å². The molecule has 0 fully saturated rings. The van der Waals surface area contributed by atoms with Crippen LogP contribution in [0, 0.1) is 6.92 Å². The molecule has 0 amide bonds. The second-order valence-corrected chi connectivity index (χ2v) is 5.90. The standard InChI is InChI=1S/C20H18N6O2/c1-12-15(20(27)28)18(25-23-13-8-4-2-5-9-13)17(22)19(16(12)21)26-24-14-10-6-3-7-11-14/h2-11H,21-22H2,1H3,(H,27,28). The van der Waals surface area contributed by atoms with Gasteiger partial charge in [0.2, 0.25) is 0 Å². The number of hydrogen-bond donors (Lipinski definition) is 3. The van der Waals surface area contributed by atoms with Gasteiger partial charge < -0.3 is 16.6 Å². The van der Waals surface area contributed by atoms with E-state index in [1.54, 1.807) is 43.3 Å². The highest BCUT2D eigenvalue weighted by Crippen LogP contribution is 2.44. The van der Waals surface area contributed by atoms with Gasteiger partial charge in [0.25, 0.3) is 0 Å². The lowest BCUT2D eigenvalue weighted by atomic mass is 10.0. The number of nitrogens with zero attached hydrogens (tertiary/aromatic N) is 4. The third-order valence-corrected chi connectivity index (χ3v) is 4.04. The van der Waals surface area contributed by atoms with Crippen LogP contribution in [-0.2, 0) is 0 Å². The summed E-state index contributed by atoms with van der Waals surface area (Å²) in [7, 11) is 0. The fraction of sp³-hybridized carbons (Fsp3) is 0.0500. The van der Waals surface area contributed by atoms with Gasteiger partial charge in [0.15, 0.2) is 0 Å². The van der Waals surface area contributed by atoms with E-state index in [0.29, 0.717) is 16.9 Å². The summed E-state index contributed by atoms with van der Waals surface area (Å²) in [5, 5.41) is 26.0. The Balaban J connectivity index is 2.14. The number of carboxylic acid groups (broad SMARTS) is 1. The van der Waals surface area contributed by atoms with E-state index in [-0.39, 0.29) is 28.3 Å². The lowest BCUT2D eigenvalue weighted by molar-refractivity contribution is 0.0697. The summed E-state index contributed by atoms with van der Waals surface area (Å²) in [6.07, 6.45) is 0. The summed E-state index contributed by atoms with van der Waals surface area (Å²) in [6, 6.07) is 17.9. The smallest absolute Gasteiger partial charge is 0.338 e. The van der Waals surface area contributed by atoms with Crippen molar-refractivity contribution in [2.45, 2.75) is 6.92 Å². The lowest BCUT2D eigenvalue weighted by Gasteiger charge is -2.13. The lowest BCUT2D eigenvalue weighted by Crippen LogP contribution is -2.06. The van der Waals surface area contributed by atoms with E-state index in [1.807, 2.05) is 24.3 Å². The summed E-state index contributed by atoms with van der Waals surface area (Å²) in [5.41, 5.74) is 13.9. The second-order valence-electron chi connectivity index (χ2n) is 5.90. The summed E-state index contributed by atoms with van der Waals surface area (Å²) in [6.45, 7) is 1.57. The Morgan fingerprint density at radius 1 is 0.750 bits per heavy atom. The SMILES string of the molecule is Cc1c(N)c(N=Nc2ccccc2)c(N)c(N=Nc2ccccc2)c1C(=O)O. The van der Waals surface area contributed by atoms with Crippen molar-refractivity contribution in [3.8, 4) is 0 Å². The first-order valence-electron chi connectivity index (χ1n) is 8.37. The van der Waals surface area contributed by atoms with E-state index < -0.39 is 5.97 Å². The quantitative estimate of drug-likeness (QED) is 0.390. The predicted molar refractivity (Wildman–Crippen MR) is 108 cm³/mol. The fourth-order valence-electron chi connectivity index (χ4n) is 2.56. The van der Waals surface area contributed by atoms with Crippen molar-refractivity contribution in [2.75, 3.05) is 11.5 Å². The molecule has 0 saturated heterocycles. The molecule has 0 heterocycles. The van der Waals surface area contributed by atoms with Gasteiger partial charge in [0.1, 0.15) is 11.4 Å². The van der Waals surface area contributed by atoms with Gasteiger partial charge in [-0.05, 0) is 36.8 Å². The van der Waals surface area contributed by atoms with Gasteiger partial charge in [-0.1, -0.05) is 36.4 Å². The molecule has 8 heteroatoms. The van der Waals surface area contributed by atoms with Crippen LogP contribution in [-0.4, -0.2) is 11.1 Å². The zero-order valence-electron chi connectivity index (χ0n) is 15.1. The Kier molecular flexibility index (Phi) is 5.40. The average Bonchev–Trinajstić information content (AvgIpc) is 2.71. The van der Waals surface area contributed by atoms with E-state index in [2.05, 4.69) is 20.5 Å². The molecule has 0 unspecified atom stereocenters. The van der Waals surface area contributed by atoms with Crippen LogP contribution in [0.1, 0.15) is 15.9 Å². The first kappa shape index (κ1) is 18.7. The van der Waals surface area contributed by atoms with E-state index in [0.717, 1.165) is 0 Å². The number of carbonyl (C=O) groups is 1. The van der Waals surface area contributed by atoms with Crippen LogP contribution in [0.4, 0.5) is 34.1 Å². The first-order valence-corrected chi connectivity index (χ1v) is 8.37. The summed E-state index contributed by atoms with van der Waals surface area (Å²) < 4.78 is 0. The van der Waals surface area contributed by atoms with Crippen molar-refractivity contribution in [1.29, 1.82) is 0 Å². The number of anilines is 2. The minimum Gasteiger partial charge on any atom is -0.478 e. The minimum atomic E-state index is -1.20. The Hall–Kier alpha value is -4.07. The number of carboxylic acids is 1. The molecule has 0 radical (unpaired) electrons. The zero-order valence-corrected chi connectivity index (χ0v) is 15.1. The molecule has 140 valence electrons. The van der Waals surface area contributed by atoms with Crippen molar-refractivity contribution in [1.82, 2.24) is 0 Å². The van der Waals surface area contributed by atoms with Crippen molar-refractivity contribution < 1.29 is 9.90 Å². The van der Waals surface area contributed by atoms with Crippen LogP contribution in [0.25, 0.3) is 0 Å². The van der Waals surface area contributed by atoms with Crippen LogP contribution in [0.5, 0.6) is 0 Å². The maximum absolute atomic E-state index is 11.8. The van der Waals surface area contributed by atoms with E-state index in [1.165, 1.54) is 0 Å². The van der Waals surface area contributed by atoms with Crippen LogP contribution >= 0.6 is 0 Å². The third-order valence-electron chi connectivity index (χ3n) is 4.04. The van der Waals surface area contributed by atoms with Crippen molar-refractivity contribution in [3.05, 3.63) is 71.8 Å². The molecule has 3 rings (SSSR count). The van der Waals surface area contributed by atoms with E-state index in [9.17, 15) is 9.90 Å². The number of rotatable bonds is 5. The number of benzene rings is 3. The van der Waals surface area contributed by atoms with Crippen molar-refractivity contribution in [2.24, 2.45) is 20.5 Å². The minimum absolute atomic E-state index is 0.000128. The summed E-state index contributed by atoms with van der Waals surface area (Å²) >= 11 is 0. The molecule has 8 nitrogen and oxygen atoms in total. The largest absolute Gasteiger partial charge is 0.478 e. The van der Waals surface area contributed by atoms with Crippen LogP contribution in [0.2, 0.25) is 0 Å². The molecular weight excluding hydrogens is 356 g/mol. The number of nitrogen functional groups attached to an aromatic ring is 2. The third kappa shape index (κ3) is 3.85. The van der Waals surface area contributed by atoms with Gasteiger partial charge in [-0.2, -0.15) is 10.2 Å². The molecule has 5 N–H and O–H groups in total. The van der Waals surface area contributed by atoms with E-state index in [4.69, 9.17) is 11.5 Å². The molecule has 0 bridgehead atoms. The van der Waals surface area contributed by atoms with Crippen LogP contribution < -0.4 is 11.5 Å². The summed E-state index contributed by atoms with van der Waals surface area (Å²) in [4.78, 5) is 11.8. The van der Waals surface area contributed by atoms with Crippen molar-refractivity contribution in [3.63, 3.8) is 0 Å². The van der Waals surface area contributed by atoms with Crippen LogP contribution in [0.3, 0.4) is 0 Å². The number of hydrogen-bond acceptors (Lipinski definition) is 7. The van der Waals surface area contributed by atoms with Gasteiger partial charge in [0.05, 0.1) is 28.3 Å². The second kappa shape index (κ2) is 8.09. The highest BCUT2D eigenvalue weighted by atomic mass is 16.4. The topological polar surface area (TPSA) is 139 Å². The summed E-state index contributed by atoms with van der Waals surface area (Å²) in [5.74, 6) is -1.20. The molecule has 0 atom stereocenters. The number of azo groups is 2. The molecule has 3 aromatic carbocycles. The monoisotopic (exact) mass is 374 g/mol. The van der Waals surface area contributed by atoms with E-state index >= 15 is 0 Å². The average molecular weight is 374 g/mol. The predicted octanol–water partition coefficient (Wildman–Crippen LogP) is 5.69. The molecule has 0 saturated carbocycles. The zero-order chi connectivity index (χ0) is 20.1. The van der Waals surface area contributed by atoms with Gasteiger partial charge in [-0.3, -0.25) is 0 Å². The van der Waals surface area contributed by atoms with Crippen molar-refractivity contribution >= 4 is 40.1 Å². The maximum atomic E-state index is 11.8. The molecule has 0 aliphatic heterocycles. The Labute approximate surface area is 161 Å². The van der Waals surface area contributed by atoms with Gasteiger partial charge >= 0.3 is 5.97 Å². The van der Waals surface area contributed by atoms with Gasteiger partial charge in [-0.15, -0.1) is 10.2 Å². The molecule has 0 aliphatic rings. The molecule has 28 heavy (non-hydrogen) atoms. The fourth-order valence-corrected chi connectivity index (χ4v) is 2.56. The molecule has 0 spiro atoms. The number of aromatic carboxylic acids is 1. The Bertz CT molecular complexity index is 1060. The Morgan fingerprint density at radius 2 is 1.21 bits per heavy atom. The van der Waals surface area contributed by atoms with Gasteiger partial charge in [-0.25, -0.2) is 4.79 Å². The maximum Gasteiger partial charge on any atom is 0.338 e. The normalized spacial score (nSPS) is 11.3. The molecular formula is C20H18N6O2. The molecule has 0 aromatic heterocycles. The number of nitrogens with two attached hydrogens (primary N) is 2. The Morgan fingerprint density at radius 3 is 1.68 bits per heavy atom. The van der Waals surface area contributed by atoms with Crippen LogP contribution in [0.15, 0.2) is 81.1 Å². The highest BCUT2D eigenvalue weighted by Gasteiger charge is 2.23. The first-order chi connectivity index (χ1) is 13.5. The highest BCUT2D eigenvalue weighted by molar-refractivity contribution is 6.04.